The summed E-state index contributed by atoms with van der Waals surface area (Å²) in [7, 11) is 1.00. The van der Waals surface area contributed by atoms with Gasteiger partial charge in [0.05, 0.1) is 0 Å². The highest BCUT2D eigenvalue weighted by molar-refractivity contribution is 7.81. The van der Waals surface area contributed by atoms with Crippen molar-refractivity contribution in [3.8, 4) is 0 Å². The Hall–Kier alpha value is -1.81. The maximum atomic E-state index is 7.00. The molecule has 1 aromatic carbocycles. The molecule has 0 saturated carbocycles. The van der Waals surface area contributed by atoms with E-state index in [2.05, 4.69) is 63.9 Å². The van der Waals surface area contributed by atoms with Crippen molar-refractivity contribution in [1.29, 1.82) is 0 Å². The van der Waals surface area contributed by atoms with E-state index in [1.807, 2.05) is 57.3 Å². The molecule has 0 aliphatic carbocycles. The Balaban J connectivity index is 0. The topological polar surface area (TPSA) is 20.2 Å². The highest BCUT2D eigenvalue weighted by Gasteiger charge is 2.10. The number of aliphatic hydroxyl groups excluding tert-OH is 1. The van der Waals surface area contributed by atoms with Crippen LogP contribution in [0.2, 0.25) is 0 Å². The molecule has 1 nitrogen and oxygen atoms in total. The highest BCUT2D eigenvalue weighted by Crippen LogP contribution is 2.28. The van der Waals surface area contributed by atoms with Crippen LogP contribution in [-0.2, 0) is 11.8 Å². The number of thiophene rings is 1. The third-order valence-electron chi connectivity index (χ3n) is 3.54. The van der Waals surface area contributed by atoms with Crippen molar-refractivity contribution in [3.05, 3.63) is 90.6 Å². The molecule has 160 valence electrons. The molecule has 0 aliphatic heterocycles. The predicted molar refractivity (Wildman–Crippen MR) is 141 cm³/mol. The van der Waals surface area contributed by atoms with E-state index in [0.717, 1.165) is 24.0 Å². The van der Waals surface area contributed by atoms with Crippen molar-refractivity contribution in [2.75, 3.05) is 12.9 Å². The number of allylic oxidation sites excluding steroid dienone is 6. The summed E-state index contributed by atoms with van der Waals surface area (Å²) in [4.78, 5) is 0. The zero-order valence-corrected chi connectivity index (χ0v) is 21.0. The molecular formula is C26H39OS2+. The van der Waals surface area contributed by atoms with E-state index in [4.69, 9.17) is 5.11 Å². The molecule has 1 aromatic heterocycles. The summed E-state index contributed by atoms with van der Waals surface area (Å²) in [5.74, 6) is 1.02. The van der Waals surface area contributed by atoms with Crippen LogP contribution in [0.1, 0.15) is 40.2 Å². The zero-order chi connectivity index (χ0) is 22.8. The van der Waals surface area contributed by atoms with Crippen LogP contribution < -0.4 is 0 Å². The molecule has 2 aromatic rings. The lowest BCUT2D eigenvalue weighted by atomic mass is 10.1. The minimum atomic E-state index is 1.00. The lowest BCUT2D eigenvalue weighted by molar-refractivity contribution is 0.399. The van der Waals surface area contributed by atoms with Crippen LogP contribution in [0.25, 0.3) is 10.1 Å². The first-order valence-corrected chi connectivity index (χ1v) is 11.9. The van der Waals surface area contributed by atoms with Crippen molar-refractivity contribution in [2.45, 2.75) is 45.8 Å². The molecule has 29 heavy (non-hydrogen) atoms. The van der Waals surface area contributed by atoms with Gasteiger partial charge in [-0.3, -0.25) is 0 Å². The first-order valence-electron chi connectivity index (χ1n) is 9.98. The van der Waals surface area contributed by atoms with Gasteiger partial charge in [0, 0.05) is 29.6 Å². The largest absolute Gasteiger partial charge is 0.400 e. The molecule has 1 heterocycles. The summed E-state index contributed by atoms with van der Waals surface area (Å²) in [6, 6.07) is 8.96. The second-order valence-electron chi connectivity index (χ2n) is 5.46. The Labute approximate surface area is 187 Å². The summed E-state index contributed by atoms with van der Waals surface area (Å²) in [6.07, 6.45) is 7.68. The fourth-order valence-corrected chi connectivity index (χ4v) is 4.58. The van der Waals surface area contributed by atoms with Gasteiger partial charge in [0.2, 0.25) is 4.21 Å². The van der Waals surface area contributed by atoms with Crippen LogP contribution in [0.15, 0.2) is 89.2 Å². The van der Waals surface area contributed by atoms with E-state index in [1.54, 1.807) is 0 Å². The normalized spacial score (nSPS) is 9.59. The maximum absolute atomic E-state index is 7.00. The van der Waals surface area contributed by atoms with Gasteiger partial charge in [-0.15, -0.1) is 0 Å². The Kier molecular flexibility index (Phi) is 18.5. The zero-order valence-electron chi connectivity index (χ0n) is 19.2. The van der Waals surface area contributed by atoms with Crippen LogP contribution >= 0.6 is 11.3 Å². The number of rotatable bonds is 7. The molecule has 2 rings (SSSR count). The Morgan fingerprint density at radius 1 is 0.966 bits per heavy atom. The van der Waals surface area contributed by atoms with Crippen LogP contribution in [0.3, 0.4) is 0 Å². The van der Waals surface area contributed by atoms with E-state index in [9.17, 15) is 0 Å². The molecule has 1 N–H and O–H groups in total. The molecule has 0 bridgehead atoms. The van der Waals surface area contributed by atoms with Gasteiger partial charge in [-0.05, 0) is 42.0 Å². The number of benzene rings is 1. The SMILES string of the molecule is C=CC(C=C)=C(C=C)/C=C(\C)C[SH+]c1cc2cc(C)ccc2s1.CC.CC.CO. The Bertz CT molecular complexity index is 797. The second-order valence-corrected chi connectivity index (χ2v) is 7.96. The number of fused-ring (bicyclic) bond motifs is 1. The van der Waals surface area contributed by atoms with E-state index in [-0.39, 0.29) is 0 Å². The van der Waals surface area contributed by atoms with Crippen molar-refractivity contribution < 1.29 is 5.11 Å². The van der Waals surface area contributed by atoms with Gasteiger partial charge in [0.15, 0.2) is 0 Å². The predicted octanol–water partition coefficient (Wildman–Crippen LogP) is 7.85. The van der Waals surface area contributed by atoms with Gasteiger partial charge >= 0.3 is 0 Å². The number of hydrogen-bond acceptors (Lipinski definition) is 2. The lowest BCUT2D eigenvalue weighted by Gasteiger charge is -2.01. The molecule has 0 spiro atoms. The number of aliphatic hydroxyl groups is 1. The van der Waals surface area contributed by atoms with E-state index in [1.165, 1.54) is 37.2 Å². The quantitative estimate of drug-likeness (QED) is 0.269. The van der Waals surface area contributed by atoms with E-state index < -0.39 is 0 Å². The summed E-state index contributed by atoms with van der Waals surface area (Å²) in [6.45, 7) is 23.8. The molecule has 0 radical (unpaired) electrons. The Morgan fingerprint density at radius 3 is 2.03 bits per heavy atom. The van der Waals surface area contributed by atoms with Gasteiger partial charge in [-0.1, -0.05) is 101 Å². The summed E-state index contributed by atoms with van der Waals surface area (Å²) >= 11 is 3.23. The Morgan fingerprint density at radius 2 is 1.52 bits per heavy atom. The molecule has 0 fully saturated rings. The molecule has 0 amide bonds. The van der Waals surface area contributed by atoms with Crippen molar-refractivity contribution in [1.82, 2.24) is 0 Å². The minimum absolute atomic E-state index is 1.00. The standard InChI is InChI=1S/C21H22S2.2C2H6.CH4O/c1-6-17(7-2)18(8-3)12-16(5)14-22-21-13-19-11-15(4)9-10-20(19)23-21;3*1-2/h6-13H,1-3,14H2,4-5H3;2*1-2H3;2H,1H3/p+1/b16-12+;;;. The molecule has 3 heteroatoms. The van der Waals surface area contributed by atoms with Gasteiger partial charge in [-0.25, -0.2) is 0 Å². The van der Waals surface area contributed by atoms with Crippen LogP contribution in [0.5, 0.6) is 0 Å². The molecule has 0 unspecified atom stereocenters. The van der Waals surface area contributed by atoms with E-state index >= 15 is 0 Å². The third kappa shape index (κ3) is 10.5. The average molecular weight is 432 g/mol. The third-order valence-corrected chi connectivity index (χ3v) is 6.22. The fraction of sp³-hybridized carbons (Fsp3) is 0.308. The first-order chi connectivity index (χ1) is 14.1. The molecule has 0 atom stereocenters. The summed E-state index contributed by atoms with van der Waals surface area (Å²) < 4.78 is 2.78. The van der Waals surface area contributed by atoms with Crippen molar-refractivity contribution in [3.63, 3.8) is 0 Å². The fourth-order valence-electron chi connectivity index (χ4n) is 2.32. The number of thiol groups is 1. The van der Waals surface area contributed by atoms with Gasteiger partial charge in [0.25, 0.3) is 0 Å². The average Bonchev–Trinajstić information content (AvgIpc) is 3.18. The van der Waals surface area contributed by atoms with Crippen LogP contribution in [0, 0.1) is 6.92 Å². The van der Waals surface area contributed by atoms with Gasteiger partial charge in [0.1, 0.15) is 5.75 Å². The molecule has 0 saturated heterocycles. The smallest absolute Gasteiger partial charge is 0.208 e. The number of hydrogen-bond donors (Lipinski definition) is 1. The van der Waals surface area contributed by atoms with Crippen molar-refractivity contribution >= 4 is 33.2 Å². The van der Waals surface area contributed by atoms with Crippen LogP contribution in [0.4, 0.5) is 0 Å². The first kappa shape index (κ1) is 29.4. The monoisotopic (exact) mass is 431 g/mol. The summed E-state index contributed by atoms with van der Waals surface area (Å²) in [5.41, 5.74) is 4.75. The van der Waals surface area contributed by atoms with Crippen LogP contribution in [-0.4, -0.2) is 18.0 Å². The van der Waals surface area contributed by atoms with Gasteiger partial charge < -0.3 is 5.11 Å². The van der Waals surface area contributed by atoms with Crippen molar-refractivity contribution in [2.24, 2.45) is 0 Å². The highest BCUT2D eigenvalue weighted by atomic mass is 32.2. The second kappa shape index (κ2) is 18.2. The number of aryl methyl sites for hydroxylation is 1. The lowest BCUT2D eigenvalue weighted by Crippen LogP contribution is -1.91. The molecule has 0 aliphatic rings. The van der Waals surface area contributed by atoms with Gasteiger partial charge in [-0.2, -0.15) is 0 Å². The van der Waals surface area contributed by atoms with E-state index in [0.29, 0.717) is 0 Å². The minimum Gasteiger partial charge on any atom is -0.400 e. The summed E-state index contributed by atoms with van der Waals surface area (Å²) in [5, 5.41) is 8.35. The maximum Gasteiger partial charge on any atom is 0.208 e. The molecular weight excluding hydrogens is 392 g/mol.